The molecule has 2 N–H and O–H groups in total. The van der Waals surface area contributed by atoms with Crippen molar-refractivity contribution in [2.75, 3.05) is 31.1 Å². The second-order valence-electron chi connectivity index (χ2n) is 6.89. The fourth-order valence-corrected chi connectivity index (χ4v) is 3.25. The summed E-state index contributed by atoms with van der Waals surface area (Å²) in [5, 5.41) is 5.81. The minimum absolute atomic E-state index is 0.175. The molecule has 146 valence electrons. The van der Waals surface area contributed by atoms with E-state index in [1.807, 2.05) is 0 Å². The predicted molar refractivity (Wildman–Crippen MR) is 98.1 cm³/mol. The van der Waals surface area contributed by atoms with E-state index in [4.69, 9.17) is 9.47 Å². The number of rotatable bonds is 7. The number of carbonyl (C=O) groups is 2. The Labute approximate surface area is 157 Å². The number of anilines is 1. The third-order valence-corrected chi connectivity index (χ3v) is 4.57. The van der Waals surface area contributed by atoms with Gasteiger partial charge in [-0.05, 0) is 25.1 Å². The van der Waals surface area contributed by atoms with Crippen molar-refractivity contribution in [2.45, 2.75) is 25.9 Å². The van der Waals surface area contributed by atoms with Crippen molar-refractivity contribution in [1.82, 2.24) is 10.6 Å². The number of carbonyl (C=O) groups excluding carboxylic acids is 2. The van der Waals surface area contributed by atoms with Gasteiger partial charge in [-0.1, -0.05) is 6.58 Å². The fourth-order valence-electron chi connectivity index (χ4n) is 3.25. The summed E-state index contributed by atoms with van der Waals surface area (Å²) >= 11 is 0. The van der Waals surface area contributed by atoms with Crippen LogP contribution in [0.25, 0.3) is 0 Å². The Morgan fingerprint density at radius 1 is 1.52 bits per heavy atom. The van der Waals surface area contributed by atoms with E-state index in [0.717, 1.165) is 19.5 Å². The molecule has 2 fully saturated rings. The standard InChI is InChI=1S/C19H24FN3O4/c1-12(22-13(2)24)7-16-10-23(19(25)27-16)15-3-4-18(17(20)8-15)26-11-14-5-6-21-9-14/h3-4,8,14,16,21H,1,5-7,9-11H2,2H3,(H,22,24)/t14?,16-/m0/s1. The Balaban J connectivity index is 1.58. The number of amides is 2. The first-order valence-corrected chi connectivity index (χ1v) is 8.99. The maximum atomic E-state index is 14.4. The minimum atomic E-state index is -0.555. The maximum Gasteiger partial charge on any atom is 0.414 e. The minimum Gasteiger partial charge on any atom is -0.490 e. The van der Waals surface area contributed by atoms with E-state index in [9.17, 15) is 14.0 Å². The summed E-state index contributed by atoms with van der Waals surface area (Å²) in [6.07, 6.45) is 0.317. The molecule has 2 atom stereocenters. The van der Waals surface area contributed by atoms with Crippen molar-refractivity contribution in [3.05, 3.63) is 36.3 Å². The first-order chi connectivity index (χ1) is 12.9. The summed E-state index contributed by atoms with van der Waals surface area (Å²) in [6.45, 7) is 7.68. The molecule has 27 heavy (non-hydrogen) atoms. The Morgan fingerprint density at radius 3 is 3.00 bits per heavy atom. The highest BCUT2D eigenvalue weighted by Crippen LogP contribution is 2.28. The largest absolute Gasteiger partial charge is 0.490 e. The molecule has 1 aromatic carbocycles. The normalized spacial score (nSPS) is 21.9. The molecule has 0 radical (unpaired) electrons. The molecular weight excluding hydrogens is 353 g/mol. The van der Waals surface area contributed by atoms with Crippen molar-refractivity contribution in [3.8, 4) is 5.75 Å². The molecule has 7 nitrogen and oxygen atoms in total. The number of hydrogen-bond acceptors (Lipinski definition) is 5. The molecule has 2 amide bonds. The summed E-state index contributed by atoms with van der Waals surface area (Å²) in [6, 6.07) is 4.44. The molecule has 1 aromatic rings. The zero-order chi connectivity index (χ0) is 19.4. The first kappa shape index (κ1) is 19.2. The average molecular weight is 377 g/mol. The lowest BCUT2D eigenvalue weighted by Crippen LogP contribution is -2.26. The van der Waals surface area contributed by atoms with Gasteiger partial charge >= 0.3 is 6.09 Å². The summed E-state index contributed by atoms with van der Waals surface area (Å²) in [4.78, 5) is 24.5. The van der Waals surface area contributed by atoms with Gasteiger partial charge in [-0.3, -0.25) is 9.69 Å². The van der Waals surface area contributed by atoms with Crippen LogP contribution in [0.5, 0.6) is 5.75 Å². The van der Waals surface area contributed by atoms with Crippen LogP contribution in [0.3, 0.4) is 0 Å². The van der Waals surface area contributed by atoms with Gasteiger partial charge in [0.1, 0.15) is 6.10 Å². The van der Waals surface area contributed by atoms with Crippen LogP contribution in [-0.4, -0.2) is 44.3 Å². The van der Waals surface area contributed by atoms with Crippen LogP contribution in [0, 0.1) is 11.7 Å². The van der Waals surface area contributed by atoms with E-state index in [2.05, 4.69) is 17.2 Å². The van der Waals surface area contributed by atoms with Crippen molar-refractivity contribution in [1.29, 1.82) is 0 Å². The molecule has 0 saturated carbocycles. The predicted octanol–water partition coefficient (Wildman–Crippen LogP) is 2.18. The zero-order valence-corrected chi connectivity index (χ0v) is 15.3. The Hall–Kier alpha value is -2.61. The molecule has 2 aliphatic rings. The molecule has 2 aliphatic heterocycles. The number of nitrogens with zero attached hydrogens (tertiary/aromatic N) is 1. The quantitative estimate of drug-likeness (QED) is 0.761. The van der Waals surface area contributed by atoms with Gasteiger partial charge < -0.3 is 20.1 Å². The topological polar surface area (TPSA) is 79.9 Å². The van der Waals surface area contributed by atoms with Crippen LogP contribution >= 0.6 is 0 Å². The van der Waals surface area contributed by atoms with Crippen LogP contribution < -0.4 is 20.3 Å². The number of hydrogen-bond donors (Lipinski definition) is 2. The molecule has 3 rings (SSSR count). The Morgan fingerprint density at radius 2 is 2.33 bits per heavy atom. The average Bonchev–Trinajstić information content (AvgIpc) is 3.22. The van der Waals surface area contributed by atoms with Gasteiger partial charge in [-0.15, -0.1) is 0 Å². The van der Waals surface area contributed by atoms with E-state index in [1.54, 1.807) is 6.07 Å². The first-order valence-electron chi connectivity index (χ1n) is 8.99. The Kier molecular flexibility index (Phi) is 5.95. The number of halogens is 1. The van der Waals surface area contributed by atoms with Crippen molar-refractivity contribution in [3.63, 3.8) is 0 Å². The molecule has 1 unspecified atom stereocenters. The molecule has 0 aliphatic carbocycles. The Bertz CT molecular complexity index is 734. The summed E-state index contributed by atoms with van der Waals surface area (Å²) in [5.74, 6) is -0.187. The van der Waals surface area contributed by atoms with E-state index < -0.39 is 18.0 Å². The van der Waals surface area contributed by atoms with Gasteiger partial charge in [0.15, 0.2) is 11.6 Å². The fraction of sp³-hybridized carbons (Fsp3) is 0.474. The van der Waals surface area contributed by atoms with Gasteiger partial charge in [0.25, 0.3) is 0 Å². The lowest BCUT2D eigenvalue weighted by molar-refractivity contribution is -0.118. The van der Waals surface area contributed by atoms with Crippen LogP contribution in [0.15, 0.2) is 30.5 Å². The van der Waals surface area contributed by atoms with Crippen LogP contribution in [-0.2, 0) is 9.53 Å². The van der Waals surface area contributed by atoms with Crippen LogP contribution in [0.4, 0.5) is 14.9 Å². The second kappa shape index (κ2) is 8.39. The number of ether oxygens (including phenoxy) is 2. The van der Waals surface area contributed by atoms with E-state index >= 15 is 0 Å². The SMILES string of the molecule is C=C(C[C@H]1CN(c2ccc(OCC3CCNC3)c(F)c2)C(=O)O1)NC(C)=O. The van der Waals surface area contributed by atoms with E-state index in [-0.39, 0.29) is 18.2 Å². The summed E-state index contributed by atoms with van der Waals surface area (Å²) in [7, 11) is 0. The van der Waals surface area contributed by atoms with Crippen LogP contribution in [0.1, 0.15) is 19.8 Å². The zero-order valence-electron chi connectivity index (χ0n) is 15.3. The van der Waals surface area contributed by atoms with Crippen molar-refractivity contribution < 1.29 is 23.5 Å². The van der Waals surface area contributed by atoms with Gasteiger partial charge in [0.05, 0.1) is 18.8 Å². The summed E-state index contributed by atoms with van der Waals surface area (Å²) in [5.41, 5.74) is 0.874. The number of nitrogens with one attached hydrogen (secondary N) is 2. The third kappa shape index (κ3) is 4.97. The van der Waals surface area contributed by atoms with Gasteiger partial charge in [0.2, 0.25) is 5.91 Å². The van der Waals surface area contributed by atoms with Gasteiger partial charge in [-0.2, -0.15) is 0 Å². The molecule has 0 bridgehead atoms. The lowest BCUT2D eigenvalue weighted by Gasteiger charge is -2.16. The molecular formula is C19H24FN3O4. The number of cyclic esters (lactones) is 1. The summed E-state index contributed by atoms with van der Waals surface area (Å²) < 4.78 is 25.2. The second-order valence-corrected chi connectivity index (χ2v) is 6.89. The molecule has 0 aromatic heterocycles. The van der Waals surface area contributed by atoms with Crippen molar-refractivity contribution >= 4 is 17.7 Å². The number of benzene rings is 1. The highest BCUT2D eigenvalue weighted by molar-refractivity contribution is 5.89. The molecule has 2 heterocycles. The van der Waals surface area contributed by atoms with Gasteiger partial charge in [0, 0.05) is 37.6 Å². The monoisotopic (exact) mass is 377 g/mol. The highest BCUT2D eigenvalue weighted by Gasteiger charge is 2.33. The molecule has 2 saturated heterocycles. The highest BCUT2D eigenvalue weighted by atomic mass is 19.1. The lowest BCUT2D eigenvalue weighted by atomic mass is 10.1. The maximum absolute atomic E-state index is 14.4. The van der Waals surface area contributed by atoms with Crippen LogP contribution in [0.2, 0.25) is 0 Å². The molecule has 0 spiro atoms. The smallest absolute Gasteiger partial charge is 0.414 e. The van der Waals surface area contributed by atoms with Gasteiger partial charge in [-0.25, -0.2) is 9.18 Å². The third-order valence-electron chi connectivity index (χ3n) is 4.57. The molecule has 8 heteroatoms. The van der Waals surface area contributed by atoms with Crippen molar-refractivity contribution in [2.24, 2.45) is 5.92 Å². The van der Waals surface area contributed by atoms with E-state index in [1.165, 1.54) is 24.0 Å². The van der Waals surface area contributed by atoms with E-state index in [0.29, 0.717) is 30.3 Å².